The van der Waals surface area contributed by atoms with Crippen LogP contribution in [-0.2, 0) is 13.0 Å². The summed E-state index contributed by atoms with van der Waals surface area (Å²) >= 11 is 1.87. The maximum atomic E-state index is 4.85. The van der Waals surface area contributed by atoms with Gasteiger partial charge in [0.1, 0.15) is 0 Å². The smallest absolute Gasteiger partial charge is 0.185 e. The van der Waals surface area contributed by atoms with Crippen molar-refractivity contribution in [2.24, 2.45) is 5.92 Å². The van der Waals surface area contributed by atoms with Crippen molar-refractivity contribution in [2.45, 2.75) is 58.9 Å². The molecule has 0 saturated heterocycles. The normalized spacial score (nSPS) is 16.6. The molecule has 0 unspecified atom stereocenters. The highest BCUT2D eigenvalue weighted by atomic mass is 32.1. The maximum Gasteiger partial charge on any atom is 0.185 e. The molecule has 1 N–H and O–H groups in total. The molecule has 1 saturated carbocycles. The topological polar surface area (TPSA) is 28.2 Å². The first-order valence-corrected chi connectivity index (χ1v) is 8.96. The lowest BCUT2D eigenvalue weighted by atomic mass is 9.89. The maximum absolute atomic E-state index is 4.85. The predicted octanol–water partition coefficient (Wildman–Crippen LogP) is 3.83. The summed E-state index contributed by atoms with van der Waals surface area (Å²) in [6, 6.07) is 0. The van der Waals surface area contributed by atoms with Gasteiger partial charge in [-0.2, -0.15) is 0 Å². The van der Waals surface area contributed by atoms with E-state index in [1.807, 2.05) is 11.3 Å². The largest absolute Gasteiger partial charge is 0.351 e. The molecule has 0 bridgehead atoms. The molecule has 4 heteroatoms. The lowest BCUT2D eigenvalue weighted by Crippen LogP contribution is -2.26. The van der Waals surface area contributed by atoms with Gasteiger partial charge in [-0.05, 0) is 31.7 Å². The van der Waals surface area contributed by atoms with Gasteiger partial charge in [0.15, 0.2) is 5.13 Å². The fraction of sp³-hybridized carbons (Fsp3) is 0.812. The van der Waals surface area contributed by atoms with Crippen LogP contribution in [0.25, 0.3) is 0 Å². The molecule has 1 aliphatic rings. The van der Waals surface area contributed by atoms with Gasteiger partial charge < -0.3 is 10.2 Å². The van der Waals surface area contributed by atoms with E-state index in [0.29, 0.717) is 0 Å². The molecule has 114 valence electrons. The van der Waals surface area contributed by atoms with Crippen LogP contribution in [0.3, 0.4) is 0 Å². The average molecular weight is 295 g/mol. The number of nitrogens with zero attached hydrogens (tertiary/aromatic N) is 2. The SMILES string of the molecule is CCNCc1sc(N(C)CC2CCCCC2)nc1CC. The molecule has 0 spiro atoms. The van der Waals surface area contributed by atoms with Gasteiger partial charge in [0.2, 0.25) is 0 Å². The monoisotopic (exact) mass is 295 g/mol. The first-order chi connectivity index (χ1) is 9.74. The third-order valence-electron chi connectivity index (χ3n) is 4.22. The van der Waals surface area contributed by atoms with Gasteiger partial charge in [-0.25, -0.2) is 4.98 Å². The highest BCUT2D eigenvalue weighted by Gasteiger charge is 2.18. The van der Waals surface area contributed by atoms with Crippen LogP contribution < -0.4 is 10.2 Å². The Balaban J connectivity index is 1.97. The molecule has 1 aliphatic carbocycles. The van der Waals surface area contributed by atoms with E-state index < -0.39 is 0 Å². The molecule has 0 atom stereocenters. The van der Waals surface area contributed by atoms with E-state index in [4.69, 9.17) is 4.98 Å². The summed E-state index contributed by atoms with van der Waals surface area (Å²) in [4.78, 5) is 8.65. The van der Waals surface area contributed by atoms with Crippen molar-refractivity contribution in [3.8, 4) is 0 Å². The Hall–Kier alpha value is -0.610. The molecular formula is C16H29N3S. The van der Waals surface area contributed by atoms with Crippen molar-refractivity contribution in [3.63, 3.8) is 0 Å². The number of aryl methyl sites for hydroxylation is 1. The molecule has 0 aliphatic heterocycles. The molecular weight excluding hydrogens is 266 g/mol. The summed E-state index contributed by atoms with van der Waals surface area (Å²) < 4.78 is 0. The molecule has 1 heterocycles. The van der Waals surface area contributed by atoms with Crippen LogP contribution in [0.1, 0.15) is 56.5 Å². The summed E-state index contributed by atoms with van der Waals surface area (Å²) in [6.07, 6.45) is 8.12. The second-order valence-corrected chi connectivity index (χ2v) is 6.95. The van der Waals surface area contributed by atoms with Gasteiger partial charge in [-0.1, -0.05) is 33.1 Å². The van der Waals surface area contributed by atoms with E-state index in [-0.39, 0.29) is 0 Å². The van der Waals surface area contributed by atoms with Crippen LogP contribution in [0.4, 0.5) is 5.13 Å². The first-order valence-electron chi connectivity index (χ1n) is 8.15. The Labute approximate surface area is 127 Å². The lowest BCUT2D eigenvalue weighted by molar-refractivity contribution is 0.362. The van der Waals surface area contributed by atoms with Crippen molar-refractivity contribution in [2.75, 3.05) is 25.0 Å². The predicted molar refractivity (Wildman–Crippen MR) is 88.7 cm³/mol. The number of aromatic nitrogens is 1. The number of thiazole rings is 1. The van der Waals surface area contributed by atoms with Gasteiger partial charge in [0, 0.05) is 25.0 Å². The van der Waals surface area contributed by atoms with Crippen molar-refractivity contribution in [1.82, 2.24) is 10.3 Å². The highest BCUT2D eigenvalue weighted by molar-refractivity contribution is 7.15. The van der Waals surface area contributed by atoms with Crippen LogP contribution in [0.5, 0.6) is 0 Å². The summed E-state index contributed by atoms with van der Waals surface area (Å²) in [5.41, 5.74) is 1.28. The minimum atomic E-state index is 0.875. The molecule has 3 nitrogen and oxygen atoms in total. The van der Waals surface area contributed by atoms with Crippen LogP contribution in [0, 0.1) is 5.92 Å². The van der Waals surface area contributed by atoms with Gasteiger partial charge in [-0.15, -0.1) is 11.3 Å². The van der Waals surface area contributed by atoms with Crippen LogP contribution in [0.2, 0.25) is 0 Å². The summed E-state index contributed by atoms with van der Waals surface area (Å²) in [6.45, 7) is 7.53. The van der Waals surface area contributed by atoms with E-state index in [1.54, 1.807) is 0 Å². The molecule has 0 aromatic carbocycles. The van der Waals surface area contributed by atoms with E-state index in [1.165, 1.54) is 54.4 Å². The molecule has 2 rings (SSSR count). The van der Waals surface area contributed by atoms with E-state index >= 15 is 0 Å². The van der Waals surface area contributed by atoms with Crippen LogP contribution in [-0.4, -0.2) is 25.1 Å². The minimum absolute atomic E-state index is 0.875. The Kier molecular flexibility index (Phi) is 6.30. The Morgan fingerprint density at radius 1 is 1.25 bits per heavy atom. The van der Waals surface area contributed by atoms with Crippen molar-refractivity contribution >= 4 is 16.5 Å². The molecule has 0 amide bonds. The van der Waals surface area contributed by atoms with E-state index in [2.05, 4.69) is 31.1 Å². The third kappa shape index (κ3) is 4.19. The number of hydrogen-bond donors (Lipinski definition) is 1. The average Bonchev–Trinajstić information content (AvgIpc) is 2.89. The van der Waals surface area contributed by atoms with Crippen molar-refractivity contribution in [1.29, 1.82) is 0 Å². The lowest BCUT2D eigenvalue weighted by Gasteiger charge is -2.26. The fourth-order valence-electron chi connectivity index (χ4n) is 3.02. The summed E-state index contributed by atoms with van der Waals surface area (Å²) in [7, 11) is 2.21. The Morgan fingerprint density at radius 3 is 2.65 bits per heavy atom. The molecule has 1 fully saturated rings. The molecule has 1 aromatic heterocycles. The van der Waals surface area contributed by atoms with Crippen molar-refractivity contribution < 1.29 is 0 Å². The zero-order valence-corrected chi connectivity index (χ0v) is 14.1. The first kappa shape index (κ1) is 15.8. The number of rotatable bonds is 7. The fourth-order valence-corrected chi connectivity index (χ4v) is 4.11. The van der Waals surface area contributed by atoms with Crippen molar-refractivity contribution in [3.05, 3.63) is 10.6 Å². The second-order valence-electron chi connectivity index (χ2n) is 5.88. The molecule has 0 radical (unpaired) electrons. The second kappa shape index (κ2) is 7.99. The number of nitrogens with one attached hydrogen (secondary N) is 1. The standard InChI is InChI=1S/C16H29N3S/c1-4-14-15(11-17-5-2)20-16(18-14)19(3)12-13-9-7-6-8-10-13/h13,17H,4-12H2,1-3H3. The van der Waals surface area contributed by atoms with Gasteiger partial charge in [0.25, 0.3) is 0 Å². The minimum Gasteiger partial charge on any atom is -0.351 e. The molecule has 20 heavy (non-hydrogen) atoms. The summed E-state index contributed by atoms with van der Waals surface area (Å²) in [5, 5.41) is 4.63. The molecule has 1 aromatic rings. The zero-order valence-electron chi connectivity index (χ0n) is 13.2. The number of anilines is 1. The van der Waals surface area contributed by atoms with Gasteiger partial charge in [0.05, 0.1) is 5.69 Å². The zero-order chi connectivity index (χ0) is 14.4. The van der Waals surface area contributed by atoms with E-state index in [0.717, 1.165) is 25.4 Å². The Morgan fingerprint density at radius 2 is 2.00 bits per heavy atom. The van der Waals surface area contributed by atoms with Gasteiger partial charge in [-0.3, -0.25) is 0 Å². The summed E-state index contributed by atoms with van der Waals surface area (Å²) in [5.74, 6) is 0.875. The van der Waals surface area contributed by atoms with Gasteiger partial charge >= 0.3 is 0 Å². The third-order valence-corrected chi connectivity index (χ3v) is 5.43. The van der Waals surface area contributed by atoms with Crippen LogP contribution >= 0.6 is 11.3 Å². The highest BCUT2D eigenvalue weighted by Crippen LogP contribution is 2.29. The van der Waals surface area contributed by atoms with Crippen LogP contribution in [0.15, 0.2) is 0 Å². The van der Waals surface area contributed by atoms with E-state index in [9.17, 15) is 0 Å². The quantitative estimate of drug-likeness (QED) is 0.828. The Bertz CT molecular complexity index is 396. The number of hydrogen-bond acceptors (Lipinski definition) is 4.